The van der Waals surface area contributed by atoms with Gasteiger partial charge in [0.2, 0.25) is 0 Å². The van der Waals surface area contributed by atoms with Gasteiger partial charge in [0, 0.05) is 22.0 Å². The van der Waals surface area contributed by atoms with Crippen molar-refractivity contribution in [1.82, 2.24) is 15.3 Å². The highest BCUT2D eigenvalue weighted by atomic mass is 35.5. The molecule has 2 heterocycles. The standard InChI is InChI=1S/C20H19Cl2N5/c1-3-16-11(2)23-20(25-16)27-19-14-6-4-5-7-17(14)24-18(26-19)13-9-8-12(21)10-15(13)22/h4-11,16H,3H2,1-2H3,(H2,23,24,25,26,27). The number of halogens is 2. The average Bonchev–Trinajstić information content (AvgIpc) is 3.01. The fraction of sp³-hybridized carbons (Fsp3) is 0.250. The number of nitrogens with one attached hydrogen (secondary N) is 2. The summed E-state index contributed by atoms with van der Waals surface area (Å²) in [5, 5.41) is 8.73. The Morgan fingerprint density at radius 1 is 1.11 bits per heavy atom. The fourth-order valence-corrected chi connectivity index (χ4v) is 3.71. The molecule has 2 atom stereocenters. The number of hydrogen-bond donors (Lipinski definition) is 2. The number of fused-ring (bicyclic) bond motifs is 1. The number of guanidine groups is 1. The van der Waals surface area contributed by atoms with Gasteiger partial charge in [-0.2, -0.15) is 0 Å². The lowest BCUT2D eigenvalue weighted by molar-refractivity contribution is 0.548. The lowest BCUT2D eigenvalue weighted by atomic mass is 10.1. The van der Waals surface area contributed by atoms with Crippen molar-refractivity contribution in [3.63, 3.8) is 0 Å². The van der Waals surface area contributed by atoms with Crippen LogP contribution in [0.25, 0.3) is 22.3 Å². The summed E-state index contributed by atoms with van der Waals surface area (Å²) < 4.78 is 0. The molecule has 2 unspecified atom stereocenters. The highest BCUT2D eigenvalue weighted by molar-refractivity contribution is 6.36. The van der Waals surface area contributed by atoms with Crippen molar-refractivity contribution < 1.29 is 0 Å². The van der Waals surface area contributed by atoms with Gasteiger partial charge in [-0.3, -0.25) is 0 Å². The van der Waals surface area contributed by atoms with E-state index >= 15 is 0 Å². The topological polar surface area (TPSA) is 62.2 Å². The molecule has 0 saturated carbocycles. The molecule has 1 aliphatic rings. The van der Waals surface area contributed by atoms with Crippen molar-refractivity contribution in [2.75, 3.05) is 5.32 Å². The second kappa shape index (κ2) is 7.33. The first-order chi connectivity index (χ1) is 13.0. The number of aromatic nitrogens is 2. The number of benzene rings is 2. The molecule has 0 saturated heterocycles. The third-order valence-electron chi connectivity index (χ3n) is 4.67. The van der Waals surface area contributed by atoms with Gasteiger partial charge in [0.05, 0.1) is 16.6 Å². The number of nitrogens with zero attached hydrogens (tertiary/aromatic N) is 3. The summed E-state index contributed by atoms with van der Waals surface area (Å²) in [6.45, 7) is 4.26. The van der Waals surface area contributed by atoms with Gasteiger partial charge in [0.25, 0.3) is 0 Å². The molecule has 1 aromatic heterocycles. The third kappa shape index (κ3) is 3.57. The molecule has 0 amide bonds. The van der Waals surface area contributed by atoms with Crippen LogP contribution in [0.4, 0.5) is 5.82 Å². The van der Waals surface area contributed by atoms with E-state index in [0.717, 1.165) is 28.8 Å². The molecule has 0 spiro atoms. The van der Waals surface area contributed by atoms with Crippen molar-refractivity contribution >= 4 is 45.9 Å². The van der Waals surface area contributed by atoms with E-state index in [-0.39, 0.29) is 12.1 Å². The maximum absolute atomic E-state index is 6.37. The Kier molecular flexibility index (Phi) is 4.89. The molecule has 7 heteroatoms. The number of anilines is 1. The molecule has 3 aromatic rings. The molecular formula is C20H19Cl2N5. The van der Waals surface area contributed by atoms with Gasteiger partial charge >= 0.3 is 0 Å². The minimum absolute atomic E-state index is 0.255. The van der Waals surface area contributed by atoms with Crippen LogP contribution in [0, 0.1) is 0 Å². The summed E-state index contributed by atoms with van der Waals surface area (Å²) in [6.07, 6.45) is 0.982. The molecule has 0 bridgehead atoms. The van der Waals surface area contributed by atoms with Gasteiger partial charge in [0.1, 0.15) is 5.82 Å². The van der Waals surface area contributed by atoms with Crippen LogP contribution < -0.4 is 10.6 Å². The predicted octanol–water partition coefficient (Wildman–Crippen LogP) is 5.14. The molecule has 5 nitrogen and oxygen atoms in total. The number of rotatable bonds is 3. The maximum Gasteiger partial charge on any atom is 0.197 e. The molecular weight excluding hydrogens is 381 g/mol. The van der Waals surface area contributed by atoms with Crippen LogP contribution in [0.15, 0.2) is 47.5 Å². The summed E-state index contributed by atoms with van der Waals surface area (Å²) in [7, 11) is 0. The fourth-order valence-electron chi connectivity index (χ4n) is 3.22. The Balaban J connectivity index is 1.80. The Morgan fingerprint density at radius 2 is 1.93 bits per heavy atom. The van der Waals surface area contributed by atoms with Crippen molar-refractivity contribution in [2.24, 2.45) is 4.99 Å². The van der Waals surface area contributed by atoms with Crippen LogP contribution in [0.5, 0.6) is 0 Å². The minimum Gasteiger partial charge on any atom is -0.351 e. The molecule has 4 rings (SSSR count). The van der Waals surface area contributed by atoms with E-state index in [9.17, 15) is 0 Å². The Hall–Kier alpha value is -2.37. The molecule has 0 fully saturated rings. The summed E-state index contributed by atoms with van der Waals surface area (Å²) in [6, 6.07) is 13.7. The SMILES string of the molecule is CCC1N=C(Nc2nc(-c3ccc(Cl)cc3Cl)nc3ccccc23)NC1C. The van der Waals surface area contributed by atoms with Crippen LogP contribution in [-0.4, -0.2) is 28.0 Å². The van der Waals surface area contributed by atoms with Crippen LogP contribution in [0.2, 0.25) is 10.0 Å². The zero-order valence-electron chi connectivity index (χ0n) is 15.0. The van der Waals surface area contributed by atoms with E-state index in [1.165, 1.54) is 0 Å². The van der Waals surface area contributed by atoms with E-state index in [1.54, 1.807) is 12.1 Å². The van der Waals surface area contributed by atoms with E-state index < -0.39 is 0 Å². The highest BCUT2D eigenvalue weighted by Crippen LogP contribution is 2.31. The first kappa shape index (κ1) is 18.0. The van der Waals surface area contributed by atoms with Crippen molar-refractivity contribution in [2.45, 2.75) is 32.4 Å². The zero-order chi connectivity index (χ0) is 19.0. The molecule has 2 aromatic carbocycles. The Labute approximate surface area is 167 Å². The molecule has 0 aliphatic carbocycles. The van der Waals surface area contributed by atoms with Gasteiger partial charge < -0.3 is 10.6 Å². The van der Waals surface area contributed by atoms with E-state index in [1.807, 2.05) is 30.3 Å². The number of para-hydroxylation sites is 1. The van der Waals surface area contributed by atoms with Crippen molar-refractivity contribution in [3.05, 3.63) is 52.5 Å². The van der Waals surface area contributed by atoms with Crippen LogP contribution in [-0.2, 0) is 0 Å². The second-order valence-electron chi connectivity index (χ2n) is 6.55. The summed E-state index contributed by atoms with van der Waals surface area (Å²) >= 11 is 12.4. The van der Waals surface area contributed by atoms with E-state index in [0.29, 0.717) is 21.7 Å². The van der Waals surface area contributed by atoms with Gasteiger partial charge in [-0.1, -0.05) is 42.3 Å². The molecule has 2 N–H and O–H groups in total. The van der Waals surface area contributed by atoms with Crippen LogP contribution in [0.1, 0.15) is 20.3 Å². The van der Waals surface area contributed by atoms with E-state index in [4.69, 9.17) is 33.2 Å². The average molecular weight is 400 g/mol. The largest absolute Gasteiger partial charge is 0.351 e. The molecule has 27 heavy (non-hydrogen) atoms. The summed E-state index contributed by atoms with van der Waals surface area (Å²) in [5.74, 6) is 1.96. The van der Waals surface area contributed by atoms with Crippen molar-refractivity contribution in [1.29, 1.82) is 0 Å². The molecule has 138 valence electrons. The normalized spacial score (nSPS) is 19.0. The monoisotopic (exact) mass is 399 g/mol. The number of hydrogen-bond acceptors (Lipinski definition) is 5. The lowest BCUT2D eigenvalue weighted by Gasteiger charge is -2.13. The minimum atomic E-state index is 0.255. The van der Waals surface area contributed by atoms with E-state index in [2.05, 4.69) is 29.5 Å². The zero-order valence-corrected chi connectivity index (χ0v) is 16.5. The predicted molar refractivity (Wildman–Crippen MR) is 113 cm³/mol. The number of aliphatic imine (C=N–C) groups is 1. The van der Waals surface area contributed by atoms with Crippen LogP contribution in [0.3, 0.4) is 0 Å². The lowest BCUT2D eigenvalue weighted by Crippen LogP contribution is -2.35. The van der Waals surface area contributed by atoms with Gasteiger partial charge in [-0.15, -0.1) is 0 Å². The smallest absolute Gasteiger partial charge is 0.197 e. The van der Waals surface area contributed by atoms with Gasteiger partial charge in [-0.25, -0.2) is 15.0 Å². The van der Waals surface area contributed by atoms with Crippen molar-refractivity contribution in [3.8, 4) is 11.4 Å². The second-order valence-corrected chi connectivity index (χ2v) is 7.39. The highest BCUT2D eigenvalue weighted by Gasteiger charge is 2.24. The van der Waals surface area contributed by atoms with Crippen LogP contribution >= 0.6 is 23.2 Å². The van der Waals surface area contributed by atoms with Gasteiger partial charge in [0.15, 0.2) is 11.8 Å². The third-order valence-corrected chi connectivity index (χ3v) is 5.21. The Morgan fingerprint density at radius 3 is 2.67 bits per heavy atom. The first-order valence-electron chi connectivity index (χ1n) is 8.88. The van der Waals surface area contributed by atoms with Gasteiger partial charge in [-0.05, 0) is 43.7 Å². The summed E-state index contributed by atoms with van der Waals surface area (Å²) in [5.41, 5.74) is 1.56. The summed E-state index contributed by atoms with van der Waals surface area (Å²) in [4.78, 5) is 14.1. The maximum atomic E-state index is 6.37. The Bertz CT molecular complexity index is 1030. The molecule has 0 radical (unpaired) electrons. The first-order valence-corrected chi connectivity index (χ1v) is 9.64. The quantitative estimate of drug-likeness (QED) is 0.639. The molecule has 1 aliphatic heterocycles.